The maximum atomic E-state index is 13.5. The molecule has 0 bridgehead atoms. The third-order valence-corrected chi connectivity index (χ3v) is 3.00. The summed E-state index contributed by atoms with van der Waals surface area (Å²) in [6.45, 7) is 2.37. The van der Waals surface area contributed by atoms with Crippen molar-refractivity contribution in [1.29, 1.82) is 0 Å². The molecule has 100 valence electrons. The molecule has 4 heteroatoms. The SMILES string of the molecule is CNCc1ccc(Cl)cc1Oc1ccc(C)c(F)c1. The summed E-state index contributed by atoms with van der Waals surface area (Å²) in [6.07, 6.45) is 0. The van der Waals surface area contributed by atoms with Gasteiger partial charge in [-0.2, -0.15) is 0 Å². The molecule has 0 saturated heterocycles. The van der Waals surface area contributed by atoms with E-state index in [2.05, 4.69) is 5.32 Å². The van der Waals surface area contributed by atoms with Crippen molar-refractivity contribution in [2.24, 2.45) is 0 Å². The average Bonchev–Trinajstić information content (AvgIpc) is 2.37. The second kappa shape index (κ2) is 6.04. The molecule has 0 fully saturated rings. The highest BCUT2D eigenvalue weighted by Gasteiger charge is 2.07. The number of rotatable bonds is 4. The van der Waals surface area contributed by atoms with E-state index in [4.69, 9.17) is 16.3 Å². The van der Waals surface area contributed by atoms with E-state index in [-0.39, 0.29) is 5.82 Å². The molecule has 0 aliphatic carbocycles. The Kier molecular flexibility index (Phi) is 4.40. The highest BCUT2D eigenvalue weighted by Crippen LogP contribution is 2.29. The summed E-state index contributed by atoms with van der Waals surface area (Å²) in [5.41, 5.74) is 1.56. The van der Waals surface area contributed by atoms with Crippen LogP contribution >= 0.6 is 11.6 Å². The Balaban J connectivity index is 2.30. The van der Waals surface area contributed by atoms with Crippen LogP contribution in [0, 0.1) is 12.7 Å². The standard InChI is InChI=1S/C15H15ClFNO/c1-10-3-6-13(8-14(10)17)19-15-7-12(16)5-4-11(15)9-18-2/h3-8,18H,9H2,1-2H3. The summed E-state index contributed by atoms with van der Waals surface area (Å²) in [5.74, 6) is 0.808. The fraction of sp³-hybridized carbons (Fsp3) is 0.200. The summed E-state index contributed by atoms with van der Waals surface area (Å²) < 4.78 is 19.2. The fourth-order valence-corrected chi connectivity index (χ4v) is 1.89. The quantitative estimate of drug-likeness (QED) is 0.901. The van der Waals surface area contributed by atoms with Gasteiger partial charge in [0.2, 0.25) is 0 Å². The maximum absolute atomic E-state index is 13.5. The van der Waals surface area contributed by atoms with Crippen molar-refractivity contribution in [2.75, 3.05) is 7.05 Å². The van der Waals surface area contributed by atoms with E-state index in [1.54, 1.807) is 31.2 Å². The van der Waals surface area contributed by atoms with Crippen LogP contribution in [0.2, 0.25) is 5.02 Å². The first-order valence-electron chi connectivity index (χ1n) is 5.97. The second-order valence-electron chi connectivity index (χ2n) is 4.30. The van der Waals surface area contributed by atoms with Gasteiger partial charge >= 0.3 is 0 Å². The lowest BCUT2D eigenvalue weighted by atomic mass is 10.2. The zero-order valence-electron chi connectivity index (χ0n) is 10.8. The zero-order valence-corrected chi connectivity index (χ0v) is 11.6. The van der Waals surface area contributed by atoms with Crippen molar-refractivity contribution >= 4 is 11.6 Å². The minimum Gasteiger partial charge on any atom is -0.457 e. The molecule has 0 aromatic heterocycles. The Morgan fingerprint density at radius 3 is 2.68 bits per heavy atom. The second-order valence-corrected chi connectivity index (χ2v) is 4.73. The van der Waals surface area contributed by atoms with Crippen LogP contribution in [0.3, 0.4) is 0 Å². The summed E-state index contributed by atoms with van der Waals surface area (Å²) >= 11 is 5.97. The third kappa shape index (κ3) is 3.46. The van der Waals surface area contributed by atoms with Gasteiger partial charge in [0, 0.05) is 23.2 Å². The van der Waals surface area contributed by atoms with Crippen molar-refractivity contribution in [3.8, 4) is 11.5 Å². The minimum atomic E-state index is -0.283. The summed E-state index contributed by atoms with van der Waals surface area (Å²) in [5, 5.41) is 3.64. The Hall–Kier alpha value is -1.58. The highest BCUT2D eigenvalue weighted by molar-refractivity contribution is 6.30. The van der Waals surface area contributed by atoms with Gasteiger partial charge in [0.05, 0.1) is 0 Å². The Morgan fingerprint density at radius 1 is 1.21 bits per heavy atom. The molecule has 0 unspecified atom stereocenters. The largest absolute Gasteiger partial charge is 0.457 e. The predicted molar refractivity (Wildman–Crippen MR) is 75.4 cm³/mol. The molecule has 0 aliphatic heterocycles. The van der Waals surface area contributed by atoms with Crippen molar-refractivity contribution < 1.29 is 9.13 Å². The Morgan fingerprint density at radius 2 is 2.00 bits per heavy atom. The van der Waals surface area contributed by atoms with Gasteiger partial charge in [-0.15, -0.1) is 0 Å². The van der Waals surface area contributed by atoms with E-state index in [0.29, 0.717) is 28.6 Å². The number of aryl methyl sites for hydroxylation is 1. The van der Waals surface area contributed by atoms with Gasteiger partial charge in [-0.3, -0.25) is 0 Å². The number of benzene rings is 2. The lowest BCUT2D eigenvalue weighted by Crippen LogP contribution is -2.06. The first-order valence-corrected chi connectivity index (χ1v) is 6.35. The Bertz CT molecular complexity index is 586. The number of nitrogens with one attached hydrogen (secondary N) is 1. The molecule has 2 aromatic carbocycles. The molecule has 0 amide bonds. The van der Waals surface area contributed by atoms with Crippen LogP contribution in [-0.2, 0) is 6.54 Å². The Labute approximate surface area is 117 Å². The van der Waals surface area contributed by atoms with Crippen molar-refractivity contribution in [3.63, 3.8) is 0 Å². The third-order valence-electron chi connectivity index (χ3n) is 2.77. The van der Waals surface area contributed by atoms with Crippen LogP contribution in [0.15, 0.2) is 36.4 Å². The number of hydrogen-bond donors (Lipinski definition) is 1. The van der Waals surface area contributed by atoms with E-state index >= 15 is 0 Å². The molecular weight excluding hydrogens is 265 g/mol. The molecule has 0 atom stereocenters. The van der Waals surface area contributed by atoms with Gasteiger partial charge in [0.1, 0.15) is 17.3 Å². The monoisotopic (exact) mass is 279 g/mol. The van der Waals surface area contributed by atoms with Crippen LogP contribution in [0.5, 0.6) is 11.5 Å². The van der Waals surface area contributed by atoms with E-state index in [1.807, 2.05) is 13.1 Å². The van der Waals surface area contributed by atoms with Crippen LogP contribution in [-0.4, -0.2) is 7.05 Å². The van der Waals surface area contributed by atoms with Crippen molar-refractivity contribution in [2.45, 2.75) is 13.5 Å². The van der Waals surface area contributed by atoms with Gasteiger partial charge in [-0.1, -0.05) is 23.7 Å². The van der Waals surface area contributed by atoms with E-state index in [0.717, 1.165) is 5.56 Å². The molecule has 2 nitrogen and oxygen atoms in total. The van der Waals surface area contributed by atoms with Gasteiger partial charge in [0.15, 0.2) is 0 Å². The average molecular weight is 280 g/mol. The van der Waals surface area contributed by atoms with Crippen molar-refractivity contribution in [1.82, 2.24) is 5.32 Å². The van der Waals surface area contributed by atoms with Crippen molar-refractivity contribution in [3.05, 3.63) is 58.4 Å². The first kappa shape index (κ1) is 13.8. The van der Waals surface area contributed by atoms with E-state index in [9.17, 15) is 4.39 Å². The molecule has 0 heterocycles. The van der Waals surface area contributed by atoms with Gasteiger partial charge in [-0.25, -0.2) is 4.39 Å². The van der Waals surface area contributed by atoms with Crippen LogP contribution in [0.1, 0.15) is 11.1 Å². The lowest BCUT2D eigenvalue weighted by Gasteiger charge is -2.12. The van der Waals surface area contributed by atoms with Gasteiger partial charge < -0.3 is 10.1 Å². The smallest absolute Gasteiger partial charge is 0.133 e. The molecular formula is C15H15ClFNO. The number of ether oxygens (including phenoxy) is 1. The molecule has 0 aliphatic rings. The lowest BCUT2D eigenvalue weighted by molar-refractivity contribution is 0.468. The highest BCUT2D eigenvalue weighted by atomic mass is 35.5. The summed E-state index contributed by atoms with van der Waals surface area (Å²) in [7, 11) is 1.85. The summed E-state index contributed by atoms with van der Waals surface area (Å²) in [4.78, 5) is 0. The molecule has 2 aromatic rings. The molecule has 1 N–H and O–H groups in total. The minimum absolute atomic E-state index is 0.283. The van der Waals surface area contributed by atoms with Crippen LogP contribution in [0.4, 0.5) is 4.39 Å². The first-order chi connectivity index (χ1) is 9.10. The van der Waals surface area contributed by atoms with Gasteiger partial charge in [0.25, 0.3) is 0 Å². The molecule has 0 radical (unpaired) electrons. The number of hydrogen-bond acceptors (Lipinski definition) is 2. The molecule has 0 saturated carbocycles. The number of halogens is 2. The summed E-state index contributed by atoms with van der Waals surface area (Å²) in [6, 6.07) is 10.2. The molecule has 2 rings (SSSR count). The molecule has 19 heavy (non-hydrogen) atoms. The molecule has 0 spiro atoms. The van der Waals surface area contributed by atoms with Crippen LogP contribution in [0.25, 0.3) is 0 Å². The predicted octanol–water partition coefficient (Wildman–Crippen LogP) is 4.30. The topological polar surface area (TPSA) is 21.3 Å². The maximum Gasteiger partial charge on any atom is 0.133 e. The van der Waals surface area contributed by atoms with E-state index < -0.39 is 0 Å². The zero-order chi connectivity index (χ0) is 13.8. The normalized spacial score (nSPS) is 10.5. The van der Waals surface area contributed by atoms with Gasteiger partial charge in [-0.05, 0) is 37.7 Å². The van der Waals surface area contributed by atoms with E-state index in [1.165, 1.54) is 6.07 Å². The fourth-order valence-electron chi connectivity index (χ4n) is 1.72. The van der Waals surface area contributed by atoms with Crippen LogP contribution < -0.4 is 10.1 Å².